The van der Waals surface area contributed by atoms with E-state index < -0.39 is 28.9 Å². The summed E-state index contributed by atoms with van der Waals surface area (Å²) >= 11 is 0. The van der Waals surface area contributed by atoms with Crippen LogP contribution in [0.3, 0.4) is 0 Å². The minimum Gasteiger partial charge on any atom is -0.336 e. The zero-order chi connectivity index (χ0) is 16.1. The van der Waals surface area contributed by atoms with Gasteiger partial charge in [-0.05, 0) is 12.8 Å². The topological polar surface area (TPSA) is 81.8 Å². The van der Waals surface area contributed by atoms with Crippen LogP contribution in [-0.2, 0) is 11.0 Å². The number of rotatable bonds is 1. The van der Waals surface area contributed by atoms with Crippen LogP contribution in [0.25, 0.3) is 11.0 Å². The maximum atomic E-state index is 13.0. The molecule has 1 saturated heterocycles. The van der Waals surface area contributed by atoms with Crippen LogP contribution in [-0.4, -0.2) is 32.3 Å². The highest BCUT2D eigenvalue weighted by Gasteiger charge is 2.36. The molecule has 0 saturated carbocycles. The number of pyridine rings is 1. The van der Waals surface area contributed by atoms with Crippen LogP contribution in [0.15, 0.2) is 11.0 Å². The van der Waals surface area contributed by atoms with Gasteiger partial charge in [-0.3, -0.25) is 9.59 Å². The molecule has 22 heavy (non-hydrogen) atoms. The molecular weight excluding hydrogens is 301 g/mol. The summed E-state index contributed by atoms with van der Waals surface area (Å²) in [4.78, 5) is 33.5. The smallest absolute Gasteiger partial charge is 0.336 e. The molecular formula is C13H13F3N4O2. The first kappa shape index (κ1) is 14.6. The lowest BCUT2D eigenvalue weighted by Crippen LogP contribution is -2.28. The minimum atomic E-state index is -4.62. The predicted octanol–water partition coefficient (Wildman–Crippen LogP) is 1.95. The third kappa shape index (κ3) is 2.26. The van der Waals surface area contributed by atoms with Gasteiger partial charge in [-0.1, -0.05) is 0 Å². The second-order valence-electron chi connectivity index (χ2n) is 5.25. The van der Waals surface area contributed by atoms with E-state index in [9.17, 15) is 22.8 Å². The summed E-state index contributed by atoms with van der Waals surface area (Å²) in [5.41, 5.74) is -2.31. The van der Waals surface area contributed by atoms with E-state index in [1.54, 1.807) is 4.90 Å². The Bertz CT molecular complexity index is 793. The zero-order valence-electron chi connectivity index (χ0n) is 11.6. The van der Waals surface area contributed by atoms with E-state index in [1.807, 2.05) is 0 Å². The highest BCUT2D eigenvalue weighted by molar-refractivity contribution is 5.79. The molecule has 0 aromatic carbocycles. The van der Waals surface area contributed by atoms with Crippen LogP contribution in [0.1, 0.15) is 37.2 Å². The van der Waals surface area contributed by atoms with Gasteiger partial charge in [0.15, 0.2) is 0 Å². The first-order valence-electron chi connectivity index (χ1n) is 6.74. The molecule has 1 aliphatic rings. The Labute approximate surface area is 122 Å². The van der Waals surface area contributed by atoms with E-state index in [-0.39, 0.29) is 17.2 Å². The second-order valence-corrected chi connectivity index (χ2v) is 5.25. The Morgan fingerprint density at radius 1 is 1.45 bits per heavy atom. The lowest BCUT2D eigenvalue weighted by molar-refractivity contribution is -0.136. The van der Waals surface area contributed by atoms with Crippen molar-refractivity contribution in [3.05, 3.63) is 27.9 Å². The molecule has 0 unspecified atom stereocenters. The van der Waals surface area contributed by atoms with Crippen molar-refractivity contribution in [1.29, 1.82) is 0 Å². The Balaban J connectivity index is 2.16. The molecule has 0 aliphatic carbocycles. The van der Waals surface area contributed by atoms with E-state index in [4.69, 9.17) is 0 Å². The van der Waals surface area contributed by atoms with Gasteiger partial charge in [0.25, 0.3) is 5.56 Å². The Hall–Kier alpha value is -2.32. The highest BCUT2D eigenvalue weighted by Crippen LogP contribution is 2.35. The van der Waals surface area contributed by atoms with Crippen molar-refractivity contribution >= 4 is 16.9 Å². The van der Waals surface area contributed by atoms with Crippen LogP contribution >= 0.6 is 0 Å². The van der Waals surface area contributed by atoms with Gasteiger partial charge in [-0.2, -0.15) is 13.2 Å². The number of hydrogen-bond donors (Lipinski definition) is 2. The number of imidazole rings is 1. The van der Waals surface area contributed by atoms with E-state index >= 15 is 0 Å². The van der Waals surface area contributed by atoms with Gasteiger partial charge in [-0.15, -0.1) is 0 Å². The van der Waals surface area contributed by atoms with Gasteiger partial charge in [0.1, 0.15) is 16.9 Å². The van der Waals surface area contributed by atoms with Crippen molar-refractivity contribution in [2.24, 2.45) is 0 Å². The molecule has 0 radical (unpaired) electrons. The normalized spacial score (nSPS) is 19.1. The maximum absolute atomic E-state index is 13.0. The van der Waals surface area contributed by atoms with Crippen LogP contribution in [0.4, 0.5) is 13.2 Å². The average Bonchev–Trinajstić information content (AvgIpc) is 3.03. The van der Waals surface area contributed by atoms with Crippen LogP contribution in [0.2, 0.25) is 0 Å². The van der Waals surface area contributed by atoms with E-state index in [0.29, 0.717) is 19.2 Å². The summed E-state index contributed by atoms with van der Waals surface area (Å²) in [6, 6.07) is -0.426. The number of nitrogens with one attached hydrogen (secondary N) is 2. The quantitative estimate of drug-likeness (QED) is 0.844. The number of carbonyl (C=O) groups excluding carboxylic acids is 1. The third-order valence-electron chi connectivity index (χ3n) is 3.83. The summed E-state index contributed by atoms with van der Waals surface area (Å²) in [5.74, 6) is 0.0396. The molecule has 0 spiro atoms. The van der Waals surface area contributed by atoms with E-state index in [1.165, 1.54) is 6.92 Å². The van der Waals surface area contributed by atoms with Gasteiger partial charge in [0.2, 0.25) is 5.91 Å². The Morgan fingerprint density at radius 2 is 2.18 bits per heavy atom. The standard InChI is InChI=1S/C13H13F3N4O2/c1-6(21)20-4-2-3-8(20)11-18-9-7(13(14,15)16)5-17-12(22)10(9)19-11/h5,8H,2-4H2,1H3,(H,17,22)(H,18,19)/t8-/m1/s1. The predicted molar refractivity (Wildman–Crippen MR) is 71.1 cm³/mol. The molecule has 3 heterocycles. The Kier molecular flexibility index (Phi) is 3.22. The average molecular weight is 314 g/mol. The third-order valence-corrected chi connectivity index (χ3v) is 3.83. The number of fused-ring (bicyclic) bond motifs is 1. The van der Waals surface area contributed by atoms with Gasteiger partial charge in [0, 0.05) is 19.7 Å². The van der Waals surface area contributed by atoms with Crippen molar-refractivity contribution in [2.45, 2.75) is 32.0 Å². The molecule has 3 rings (SSSR count). The summed E-state index contributed by atoms with van der Waals surface area (Å²) in [7, 11) is 0. The number of likely N-dealkylation sites (tertiary alicyclic amines) is 1. The molecule has 1 fully saturated rings. The largest absolute Gasteiger partial charge is 0.419 e. The van der Waals surface area contributed by atoms with Crippen molar-refractivity contribution in [1.82, 2.24) is 19.9 Å². The zero-order valence-corrected chi connectivity index (χ0v) is 11.6. The maximum Gasteiger partial charge on any atom is 0.419 e. The first-order valence-corrected chi connectivity index (χ1v) is 6.74. The molecule has 1 amide bonds. The molecule has 118 valence electrons. The number of aromatic amines is 2. The summed E-state index contributed by atoms with van der Waals surface area (Å²) in [5, 5.41) is 0. The monoisotopic (exact) mass is 314 g/mol. The highest BCUT2D eigenvalue weighted by atomic mass is 19.4. The number of nitrogens with zero attached hydrogens (tertiary/aromatic N) is 2. The van der Waals surface area contributed by atoms with Gasteiger partial charge >= 0.3 is 6.18 Å². The number of halogens is 3. The van der Waals surface area contributed by atoms with Crippen LogP contribution in [0, 0.1) is 0 Å². The molecule has 2 aromatic heterocycles. The molecule has 2 N–H and O–H groups in total. The number of aromatic nitrogens is 3. The van der Waals surface area contributed by atoms with Crippen molar-refractivity contribution in [3.8, 4) is 0 Å². The van der Waals surface area contributed by atoms with Gasteiger partial charge in [-0.25, -0.2) is 4.98 Å². The van der Waals surface area contributed by atoms with Crippen molar-refractivity contribution in [3.63, 3.8) is 0 Å². The van der Waals surface area contributed by atoms with Crippen molar-refractivity contribution < 1.29 is 18.0 Å². The Morgan fingerprint density at radius 3 is 2.82 bits per heavy atom. The summed E-state index contributed by atoms with van der Waals surface area (Å²) in [6.45, 7) is 1.93. The van der Waals surface area contributed by atoms with Crippen molar-refractivity contribution in [2.75, 3.05) is 6.54 Å². The lowest BCUT2D eigenvalue weighted by Gasteiger charge is -2.21. The second kappa shape index (κ2) is 4.85. The van der Waals surface area contributed by atoms with Gasteiger partial charge in [0.05, 0.1) is 11.6 Å². The number of alkyl halides is 3. The number of hydrogen-bond acceptors (Lipinski definition) is 3. The molecule has 0 bridgehead atoms. The lowest BCUT2D eigenvalue weighted by atomic mass is 10.2. The number of amides is 1. The minimum absolute atomic E-state index is 0.173. The fourth-order valence-electron chi connectivity index (χ4n) is 2.83. The van der Waals surface area contributed by atoms with Crippen LogP contribution in [0.5, 0.6) is 0 Å². The molecule has 9 heteroatoms. The fraction of sp³-hybridized carbons (Fsp3) is 0.462. The summed E-state index contributed by atoms with van der Waals surface area (Å²) < 4.78 is 39.0. The first-order chi connectivity index (χ1) is 10.3. The van der Waals surface area contributed by atoms with Gasteiger partial charge < -0.3 is 14.9 Å². The molecule has 1 aliphatic heterocycles. The van der Waals surface area contributed by atoms with Crippen LogP contribution < -0.4 is 5.56 Å². The van der Waals surface area contributed by atoms with E-state index in [0.717, 1.165) is 6.42 Å². The van der Waals surface area contributed by atoms with E-state index in [2.05, 4.69) is 15.0 Å². The fourth-order valence-corrected chi connectivity index (χ4v) is 2.83. The molecule has 2 aromatic rings. The number of H-pyrrole nitrogens is 2. The summed E-state index contributed by atoms with van der Waals surface area (Å²) in [6.07, 6.45) is -2.67. The molecule has 1 atom stereocenters. The SMILES string of the molecule is CC(=O)N1CCC[C@@H]1c1nc2c(C(F)(F)F)c[nH]c(=O)c2[nH]1. The molecule has 6 nitrogen and oxygen atoms in total. The number of carbonyl (C=O) groups is 1.